The number of nitrogens with one attached hydrogen (secondary N) is 1. The molecule has 2 heterocycles. The van der Waals surface area contributed by atoms with E-state index < -0.39 is 0 Å². The number of hydrogen-bond donors (Lipinski definition) is 2. The highest BCUT2D eigenvalue weighted by Gasteiger charge is 2.23. The Kier molecular flexibility index (Phi) is 4.94. The molecule has 1 fully saturated rings. The third-order valence-corrected chi connectivity index (χ3v) is 4.59. The van der Waals surface area contributed by atoms with E-state index in [4.69, 9.17) is 22.1 Å². The fourth-order valence-corrected chi connectivity index (χ4v) is 3.21. The van der Waals surface area contributed by atoms with E-state index in [1.165, 1.54) is 12.7 Å². The molecule has 1 aromatic carbocycles. The van der Waals surface area contributed by atoms with Crippen molar-refractivity contribution in [1.29, 1.82) is 0 Å². The highest BCUT2D eigenvalue weighted by molar-refractivity contribution is 6.31. The van der Waals surface area contributed by atoms with Crippen LogP contribution in [0, 0.1) is 0 Å². The third kappa shape index (κ3) is 3.33. The number of nitrogens with zero attached hydrogens (tertiary/aromatic N) is 3. The van der Waals surface area contributed by atoms with Gasteiger partial charge in [0.15, 0.2) is 11.6 Å². The average Bonchev–Trinajstić information content (AvgIpc) is 2.58. The van der Waals surface area contributed by atoms with Crippen molar-refractivity contribution in [3.05, 3.63) is 29.5 Å². The lowest BCUT2D eigenvalue weighted by Crippen LogP contribution is -2.38. The first-order valence-electron chi connectivity index (χ1n) is 8.08. The minimum absolute atomic E-state index is 0.421. The summed E-state index contributed by atoms with van der Waals surface area (Å²) >= 11 is 6.08. The Labute approximate surface area is 147 Å². The van der Waals surface area contributed by atoms with Gasteiger partial charge < -0.3 is 20.7 Å². The van der Waals surface area contributed by atoms with Crippen molar-refractivity contribution in [2.24, 2.45) is 0 Å². The predicted molar refractivity (Wildman–Crippen MR) is 98.4 cm³/mol. The second-order valence-electron chi connectivity index (χ2n) is 5.97. The van der Waals surface area contributed by atoms with Crippen LogP contribution in [0.2, 0.25) is 5.02 Å². The standard InChI is InChI=1S/C17H22ClN5O/c1-11-5-3-4-8-23(11)17-15(19)16(20-10-21-17)22-13-9-12(18)6-7-14(13)24-2/h6-7,9-11H,3-5,8,19H2,1-2H3,(H,20,21,22). The van der Waals surface area contributed by atoms with Crippen molar-refractivity contribution >= 4 is 34.6 Å². The van der Waals surface area contributed by atoms with Crippen molar-refractivity contribution in [2.45, 2.75) is 32.2 Å². The zero-order valence-corrected chi connectivity index (χ0v) is 14.7. The van der Waals surface area contributed by atoms with Gasteiger partial charge in [-0.3, -0.25) is 0 Å². The van der Waals surface area contributed by atoms with E-state index in [2.05, 4.69) is 27.1 Å². The molecule has 1 atom stereocenters. The van der Waals surface area contributed by atoms with E-state index in [0.717, 1.165) is 25.2 Å². The molecule has 1 aliphatic rings. The van der Waals surface area contributed by atoms with Gasteiger partial charge in [-0.05, 0) is 44.4 Å². The maximum atomic E-state index is 6.35. The van der Waals surface area contributed by atoms with Crippen molar-refractivity contribution in [3.63, 3.8) is 0 Å². The summed E-state index contributed by atoms with van der Waals surface area (Å²) in [6, 6.07) is 5.78. The summed E-state index contributed by atoms with van der Waals surface area (Å²) in [7, 11) is 1.61. The minimum Gasteiger partial charge on any atom is -0.495 e. The predicted octanol–water partition coefficient (Wildman–Crippen LogP) is 3.84. The van der Waals surface area contributed by atoms with Crippen LogP contribution >= 0.6 is 11.6 Å². The number of rotatable bonds is 4. The number of ether oxygens (including phenoxy) is 1. The van der Waals surface area contributed by atoms with Crippen LogP contribution < -0.4 is 20.7 Å². The lowest BCUT2D eigenvalue weighted by molar-refractivity contribution is 0.417. The van der Waals surface area contributed by atoms with E-state index in [1.54, 1.807) is 25.3 Å². The molecule has 128 valence electrons. The second-order valence-corrected chi connectivity index (χ2v) is 6.40. The van der Waals surface area contributed by atoms with Crippen LogP contribution in [-0.4, -0.2) is 29.7 Å². The minimum atomic E-state index is 0.421. The number of anilines is 4. The van der Waals surface area contributed by atoms with Crippen molar-refractivity contribution in [3.8, 4) is 5.75 Å². The van der Waals surface area contributed by atoms with Crippen LogP contribution in [-0.2, 0) is 0 Å². The SMILES string of the molecule is COc1ccc(Cl)cc1Nc1ncnc(N2CCCCC2C)c1N. The van der Waals surface area contributed by atoms with E-state index in [-0.39, 0.29) is 0 Å². The molecule has 7 heteroatoms. The molecule has 0 amide bonds. The molecule has 2 aromatic rings. The van der Waals surface area contributed by atoms with Gasteiger partial charge in [0.1, 0.15) is 17.8 Å². The van der Waals surface area contributed by atoms with Crippen molar-refractivity contribution in [2.75, 3.05) is 29.6 Å². The molecule has 3 N–H and O–H groups in total. The lowest BCUT2D eigenvalue weighted by Gasteiger charge is -2.35. The molecule has 3 rings (SSSR count). The molecule has 1 saturated heterocycles. The number of benzene rings is 1. The third-order valence-electron chi connectivity index (χ3n) is 4.35. The maximum absolute atomic E-state index is 6.35. The van der Waals surface area contributed by atoms with Gasteiger partial charge in [-0.15, -0.1) is 0 Å². The summed E-state index contributed by atoms with van der Waals surface area (Å²) in [4.78, 5) is 10.9. The largest absolute Gasteiger partial charge is 0.495 e. The molecule has 0 spiro atoms. The average molecular weight is 348 g/mol. The van der Waals surface area contributed by atoms with Gasteiger partial charge in [0.2, 0.25) is 0 Å². The highest BCUT2D eigenvalue weighted by Crippen LogP contribution is 2.35. The Morgan fingerprint density at radius 3 is 2.92 bits per heavy atom. The van der Waals surface area contributed by atoms with Gasteiger partial charge in [0, 0.05) is 17.6 Å². The summed E-state index contributed by atoms with van der Waals surface area (Å²) in [5.74, 6) is 2.00. The van der Waals surface area contributed by atoms with Gasteiger partial charge in [-0.2, -0.15) is 0 Å². The zero-order chi connectivity index (χ0) is 17.1. The smallest absolute Gasteiger partial charge is 0.159 e. The summed E-state index contributed by atoms with van der Waals surface area (Å²) < 4.78 is 5.36. The van der Waals surface area contributed by atoms with Crippen LogP contribution in [0.4, 0.5) is 23.0 Å². The number of hydrogen-bond acceptors (Lipinski definition) is 6. The fourth-order valence-electron chi connectivity index (χ4n) is 3.03. The second kappa shape index (κ2) is 7.13. The van der Waals surface area contributed by atoms with Crippen LogP contribution in [0.25, 0.3) is 0 Å². The first-order chi connectivity index (χ1) is 11.6. The van der Waals surface area contributed by atoms with Gasteiger partial charge in [0.25, 0.3) is 0 Å². The lowest BCUT2D eigenvalue weighted by atomic mass is 10.0. The van der Waals surface area contributed by atoms with E-state index in [1.807, 2.05) is 0 Å². The zero-order valence-electron chi connectivity index (χ0n) is 13.9. The van der Waals surface area contributed by atoms with Crippen LogP contribution in [0.5, 0.6) is 5.75 Å². The van der Waals surface area contributed by atoms with E-state index in [9.17, 15) is 0 Å². The number of nitrogen functional groups attached to an aromatic ring is 1. The Hall–Kier alpha value is -2.21. The van der Waals surface area contributed by atoms with Crippen LogP contribution in [0.1, 0.15) is 26.2 Å². The van der Waals surface area contributed by atoms with Gasteiger partial charge in [0.05, 0.1) is 12.8 Å². The van der Waals surface area contributed by atoms with Crippen LogP contribution in [0.15, 0.2) is 24.5 Å². The van der Waals surface area contributed by atoms with Gasteiger partial charge in [-0.25, -0.2) is 9.97 Å². The summed E-state index contributed by atoms with van der Waals surface area (Å²) in [6.45, 7) is 3.16. The van der Waals surface area contributed by atoms with Crippen LogP contribution in [0.3, 0.4) is 0 Å². The quantitative estimate of drug-likeness (QED) is 0.875. The molecule has 0 aliphatic carbocycles. The summed E-state index contributed by atoms with van der Waals surface area (Å²) in [5, 5.41) is 3.82. The monoisotopic (exact) mass is 347 g/mol. The molecular formula is C17H22ClN5O. The molecule has 0 bridgehead atoms. The molecular weight excluding hydrogens is 326 g/mol. The Morgan fingerprint density at radius 2 is 2.17 bits per heavy atom. The first-order valence-corrected chi connectivity index (χ1v) is 8.45. The summed E-state index contributed by atoms with van der Waals surface area (Å²) in [6.07, 6.45) is 5.08. The van der Waals surface area contributed by atoms with E-state index in [0.29, 0.717) is 34.0 Å². The molecule has 0 saturated carbocycles. The molecule has 24 heavy (non-hydrogen) atoms. The Balaban J connectivity index is 1.92. The first kappa shape index (κ1) is 16.6. The molecule has 1 unspecified atom stereocenters. The van der Waals surface area contributed by atoms with E-state index >= 15 is 0 Å². The molecule has 1 aromatic heterocycles. The summed E-state index contributed by atoms with van der Waals surface area (Å²) in [5.41, 5.74) is 7.60. The highest BCUT2D eigenvalue weighted by atomic mass is 35.5. The van der Waals surface area contributed by atoms with Crippen molar-refractivity contribution in [1.82, 2.24) is 9.97 Å². The number of methoxy groups -OCH3 is 1. The number of halogens is 1. The van der Waals surface area contributed by atoms with Gasteiger partial charge >= 0.3 is 0 Å². The number of aromatic nitrogens is 2. The maximum Gasteiger partial charge on any atom is 0.159 e. The normalized spacial score (nSPS) is 17.6. The number of nitrogens with two attached hydrogens (primary N) is 1. The fraction of sp³-hybridized carbons (Fsp3) is 0.412. The topological polar surface area (TPSA) is 76.3 Å². The molecule has 6 nitrogen and oxygen atoms in total. The number of piperidine rings is 1. The molecule has 1 aliphatic heterocycles. The molecule has 0 radical (unpaired) electrons. The van der Waals surface area contributed by atoms with Crippen molar-refractivity contribution < 1.29 is 4.74 Å². The Morgan fingerprint density at radius 1 is 1.33 bits per heavy atom. The van der Waals surface area contributed by atoms with Gasteiger partial charge in [-0.1, -0.05) is 11.6 Å². The Bertz CT molecular complexity index is 724.